The highest BCUT2D eigenvalue weighted by molar-refractivity contribution is 7.90. The molecule has 9 heteroatoms. The molecule has 2 aliphatic rings. The molecular weight excluding hydrogens is 478 g/mol. The molecule has 0 fully saturated rings. The molecule has 2 aliphatic heterocycles. The van der Waals surface area contributed by atoms with Crippen molar-refractivity contribution in [2.24, 2.45) is 0 Å². The van der Waals surface area contributed by atoms with Crippen molar-refractivity contribution >= 4 is 38.7 Å². The first-order valence-electron chi connectivity index (χ1n) is 11.7. The Morgan fingerprint density at radius 1 is 0.972 bits per heavy atom. The molecule has 0 saturated heterocycles. The molecule has 36 heavy (non-hydrogen) atoms. The Labute approximate surface area is 210 Å². The number of carbonyl (C=O) groups is 2. The molecule has 0 saturated carbocycles. The topological polar surface area (TPSA) is 107 Å². The van der Waals surface area contributed by atoms with E-state index in [-0.39, 0.29) is 28.5 Å². The van der Waals surface area contributed by atoms with Crippen molar-refractivity contribution in [2.45, 2.75) is 37.2 Å². The zero-order chi connectivity index (χ0) is 25.8. The van der Waals surface area contributed by atoms with E-state index in [2.05, 4.69) is 5.32 Å². The van der Waals surface area contributed by atoms with E-state index in [1.54, 1.807) is 52.3 Å². The second-order valence-corrected chi connectivity index (χ2v) is 11.4. The third kappa shape index (κ3) is 4.19. The first-order valence-corrected chi connectivity index (χ1v) is 13.6. The number of phenolic OH excluding ortho intramolecular Hbond substituents is 1. The summed E-state index contributed by atoms with van der Waals surface area (Å²) in [6, 6.07) is 16.5. The third-order valence-corrected chi connectivity index (χ3v) is 7.90. The molecule has 186 valence electrons. The second-order valence-electron chi connectivity index (χ2n) is 9.43. The van der Waals surface area contributed by atoms with Crippen LogP contribution in [0.4, 0.5) is 17.1 Å². The highest BCUT2D eigenvalue weighted by Gasteiger charge is 2.38. The number of hydrogen-bond acceptors (Lipinski definition) is 6. The lowest BCUT2D eigenvalue weighted by Gasteiger charge is -2.41. The Kier molecular flexibility index (Phi) is 5.75. The summed E-state index contributed by atoms with van der Waals surface area (Å²) in [4.78, 5) is 29.9. The van der Waals surface area contributed by atoms with Gasteiger partial charge in [0, 0.05) is 31.8 Å². The fourth-order valence-electron chi connectivity index (χ4n) is 5.07. The molecule has 0 aliphatic carbocycles. The van der Waals surface area contributed by atoms with Crippen LogP contribution in [0.3, 0.4) is 0 Å². The van der Waals surface area contributed by atoms with Gasteiger partial charge in [0.2, 0.25) is 11.8 Å². The quantitative estimate of drug-likeness (QED) is 0.527. The molecule has 5 rings (SSSR count). The number of nitrogens with one attached hydrogen (secondary N) is 1. The number of nitrogens with zero attached hydrogens (tertiary/aromatic N) is 2. The fraction of sp³-hybridized carbons (Fsp3) is 0.259. The lowest BCUT2D eigenvalue weighted by atomic mass is 9.99. The summed E-state index contributed by atoms with van der Waals surface area (Å²) < 4.78 is 23.7. The van der Waals surface area contributed by atoms with Gasteiger partial charge in [-0.3, -0.25) is 9.59 Å². The maximum absolute atomic E-state index is 13.8. The van der Waals surface area contributed by atoms with Gasteiger partial charge in [0.05, 0.1) is 22.3 Å². The van der Waals surface area contributed by atoms with Crippen molar-refractivity contribution in [3.63, 3.8) is 0 Å². The Hall–Kier alpha value is -3.85. The van der Waals surface area contributed by atoms with E-state index in [1.165, 1.54) is 13.2 Å². The van der Waals surface area contributed by atoms with Crippen LogP contribution in [0.15, 0.2) is 65.6 Å². The zero-order valence-electron chi connectivity index (χ0n) is 20.2. The predicted octanol–water partition coefficient (Wildman–Crippen LogP) is 3.59. The Balaban J connectivity index is 1.53. The summed E-state index contributed by atoms with van der Waals surface area (Å²) in [5.74, 6) is -0.0706. The fourth-order valence-corrected chi connectivity index (χ4v) is 5.70. The highest BCUT2D eigenvalue weighted by atomic mass is 32.2. The summed E-state index contributed by atoms with van der Waals surface area (Å²) in [5, 5.41) is 13.1. The molecule has 2 atom stereocenters. The minimum atomic E-state index is -3.31. The molecule has 0 spiro atoms. The maximum Gasteiger partial charge on any atom is 0.249 e. The highest BCUT2D eigenvalue weighted by Crippen LogP contribution is 2.40. The molecule has 2 heterocycles. The molecular formula is C27H27N3O5S. The molecule has 0 aromatic heterocycles. The second kappa shape index (κ2) is 8.67. The molecule has 2 amide bonds. The summed E-state index contributed by atoms with van der Waals surface area (Å²) in [5.41, 5.74) is 4.58. The minimum Gasteiger partial charge on any atom is -0.508 e. The number of sulfone groups is 1. The normalized spacial score (nSPS) is 18.9. The predicted molar refractivity (Wildman–Crippen MR) is 139 cm³/mol. The van der Waals surface area contributed by atoms with E-state index >= 15 is 0 Å². The van der Waals surface area contributed by atoms with Crippen LogP contribution in [0.25, 0.3) is 11.1 Å². The number of rotatable bonds is 3. The number of amides is 2. The van der Waals surface area contributed by atoms with Gasteiger partial charge in [-0.05, 0) is 66.1 Å². The van der Waals surface area contributed by atoms with Gasteiger partial charge in [-0.25, -0.2) is 8.42 Å². The van der Waals surface area contributed by atoms with E-state index in [0.29, 0.717) is 24.3 Å². The van der Waals surface area contributed by atoms with E-state index < -0.39 is 15.9 Å². The van der Waals surface area contributed by atoms with Crippen molar-refractivity contribution in [3.05, 3.63) is 66.2 Å². The number of phenols is 1. The van der Waals surface area contributed by atoms with Crippen LogP contribution in [0.1, 0.15) is 19.4 Å². The summed E-state index contributed by atoms with van der Waals surface area (Å²) >= 11 is 0. The first kappa shape index (κ1) is 23.9. The number of fused-ring (bicyclic) bond motifs is 2. The Morgan fingerprint density at radius 3 is 2.33 bits per heavy atom. The molecule has 0 bridgehead atoms. The standard InChI is InChI=1S/C27H27N3O5S/c1-16-15-29(27(33)24-13-20-12-21(32)7-10-23(20)28-24)26-14-19(6-11-25(26)30(16)17(2)31)18-4-8-22(9-5-18)36(3,34)35/h4-12,14,16,24,28,32H,13,15H2,1-3H3/t16-,24?/m0/s1. The maximum atomic E-state index is 13.8. The molecule has 2 N–H and O–H groups in total. The smallest absolute Gasteiger partial charge is 0.249 e. The van der Waals surface area contributed by atoms with Crippen LogP contribution >= 0.6 is 0 Å². The van der Waals surface area contributed by atoms with Crippen molar-refractivity contribution in [1.29, 1.82) is 0 Å². The molecule has 1 unspecified atom stereocenters. The van der Waals surface area contributed by atoms with E-state index in [1.807, 2.05) is 25.1 Å². The van der Waals surface area contributed by atoms with Crippen molar-refractivity contribution in [2.75, 3.05) is 27.9 Å². The van der Waals surface area contributed by atoms with Gasteiger partial charge in [0.15, 0.2) is 9.84 Å². The minimum absolute atomic E-state index is 0.108. The van der Waals surface area contributed by atoms with E-state index in [9.17, 15) is 23.1 Å². The lowest BCUT2D eigenvalue weighted by Crippen LogP contribution is -2.54. The average Bonchev–Trinajstić information content (AvgIpc) is 3.25. The van der Waals surface area contributed by atoms with Crippen LogP contribution in [-0.2, 0) is 25.8 Å². The van der Waals surface area contributed by atoms with Crippen molar-refractivity contribution in [3.8, 4) is 16.9 Å². The summed E-state index contributed by atoms with van der Waals surface area (Å²) in [6.45, 7) is 3.76. The van der Waals surface area contributed by atoms with Gasteiger partial charge in [0.1, 0.15) is 11.8 Å². The summed E-state index contributed by atoms with van der Waals surface area (Å²) in [7, 11) is -3.31. The van der Waals surface area contributed by atoms with Gasteiger partial charge in [-0.2, -0.15) is 0 Å². The van der Waals surface area contributed by atoms with Gasteiger partial charge < -0.3 is 20.2 Å². The monoisotopic (exact) mass is 505 g/mol. The number of carbonyl (C=O) groups excluding carboxylic acids is 2. The van der Waals surface area contributed by atoms with Crippen molar-refractivity contribution in [1.82, 2.24) is 0 Å². The largest absolute Gasteiger partial charge is 0.508 e. The average molecular weight is 506 g/mol. The Morgan fingerprint density at radius 2 is 1.67 bits per heavy atom. The molecule has 3 aromatic carbocycles. The van der Waals surface area contributed by atoms with E-state index in [0.717, 1.165) is 22.4 Å². The summed E-state index contributed by atoms with van der Waals surface area (Å²) in [6.07, 6.45) is 1.62. The van der Waals surface area contributed by atoms with Crippen LogP contribution in [-0.4, -0.2) is 50.2 Å². The van der Waals surface area contributed by atoms with Crippen molar-refractivity contribution < 1.29 is 23.1 Å². The third-order valence-electron chi connectivity index (χ3n) is 6.78. The van der Waals surface area contributed by atoms with Gasteiger partial charge >= 0.3 is 0 Å². The molecule has 3 aromatic rings. The van der Waals surface area contributed by atoms with Gasteiger partial charge in [0.25, 0.3) is 0 Å². The number of aromatic hydroxyl groups is 1. The Bertz CT molecular complexity index is 1480. The van der Waals surface area contributed by atoms with Crippen LogP contribution in [0.2, 0.25) is 0 Å². The molecule has 0 radical (unpaired) electrons. The zero-order valence-corrected chi connectivity index (χ0v) is 21.0. The number of benzene rings is 3. The number of anilines is 3. The van der Waals surface area contributed by atoms with Gasteiger partial charge in [-0.15, -0.1) is 0 Å². The van der Waals surface area contributed by atoms with Crippen LogP contribution in [0, 0.1) is 0 Å². The number of hydrogen-bond donors (Lipinski definition) is 2. The molecule has 8 nitrogen and oxygen atoms in total. The van der Waals surface area contributed by atoms with Gasteiger partial charge in [-0.1, -0.05) is 18.2 Å². The van der Waals surface area contributed by atoms with Crippen LogP contribution < -0.4 is 15.1 Å². The SMILES string of the molecule is CC(=O)N1c2ccc(-c3ccc(S(C)(=O)=O)cc3)cc2N(C(=O)C2Cc3cc(O)ccc3N2)C[C@@H]1C. The van der Waals surface area contributed by atoms with E-state index in [4.69, 9.17) is 0 Å². The first-order chi connectivity index (χ1) is 17.0. The lowest BCUT2D eigenvalue weighted by molar-refractivity contribution is -0.120. The van der Waals surface area contributed by atoms with Crippen LogP contribution in [0.5, 0.6) is 5.75 Å².